The van der Waals surface area contributed by atoms with Crippen LogP contribution >= 0.6 is 11.6 Å². The van der Waals surface area contributed by atoms with E-state index in [1.165, 1.54) is 6.07 Å². The molecule has 4 aromatic rings. The molecule has 1 aliphatic heterocycles. The summed E-state index contributed by atoms with van der Waals surface area (Å²) in [4.78, 5) is 20.6. The summed E-state index contributed by atoms with van der Waals surface area (Å²) in [6.45, 7) is 7.05. The molecule has 0 spiro atoms. The zero-order valence-electron chi connectivity index (χ0n) is 17.8. The monoisotopic (exact) mass is 454 g/mol. The molecule has 0 N–H and O–H groups in total. The number of aryl methyl sites for hydroxylation is 3. The van der Waals surface area contributed by atoms with Crippen LogP contribution in [0.2, 0.25) is 5.02 Å². The van der Waals surface area contributed by atoms with Gasteiger partial charge >= 0.3 is 0 Å². The molecule has 1 fully saturated rings. The molecule has 1 saturated heterocycles. The van der Waals surface area contributed by atoms with Crippen molar-refractivity contribution in [2.75, 3.05) is 24.6 Å². The minimum Gasteiger partial charge on any atom is -0.366 e. The lowest BCUT2D eigenvalue weighted by atomic mass is 10.1. The molecule has 164 valence electrons. The molecule has 0 unspecified atom stereocenters. The van der Waals surface area contributed by atoms with Gasteiger partial charge in [-0.15, -0.1) is 0 Å². The summed E-state index contributed by atoms with van der Waals surface area (Å²) in [5.74, 6) is 0.577. The van der Waals surface area contributed by atoms with Crippen LogP contribution in [0.1, 0.15) is 28.9 Å². The van der Waals surface area contributed by atoms with Gasteiger partial charge in [0.05, 0.1) is 30.2 Å². The summed E-state index contributed by atoms with van der Waals surface area (Å²) in [7, 11) is 0. The van der Waals surface area contributed by atoms with Gasteiger partial charge in [0.1, 0.15) is 23.1 Å². The molecule has 8 nitrogen and oxygen atoms in total. The number of fused-ring (bicyclic) bond motifs is 1. The van der Waals surface area contributed by atoms with Gasteiger partial charge in [-0.1, -0.05) is 16.8 Å². The zero-order valence-corrected chi connectivity index (χ0v) is 18.5. The molecular weight excluding hydrogens is 435 g/mol. The SMILES string of the molecule is Cc1cc([C@H]2CN(c3nc(-c4ccc(Cl)cc4F)c4nc(C)c(C)nc4n3)CCO2)on1. The van der Waals surface area contributed by atoms with Crippen molar-refractivity contribution in [3.8, 4) is 11.3 Å². The van der Waals surface area contributed by atoms with Gasteiger partial charge in [0, 0.05) is 23.2 Å². The summed E-state index contributed by atoms with van der Waals surface area (Å²) < 4.78 is 26.1. The molecule has 5 rings (SSSR count). The second-order valence-corrected chi connectivity index (χ2v) is 8.18. The van der Waals surface area contributed by atoms with Crippen molar-refractivity contribution in [3.63, 3.8) is 0 Å². The molecule has 32 heavy (non-hydrogen) atoms. The highest BCUT2D eigenvalue weighted by Crippen LogP contribution is 2.32. The number of aromatic nitrogens is 5. The molecule has 1 aliphatic rings. The maximum atomic E-state index is 14.9. The Bertz CT molecular complexity index is 1330. The lowest BCUT2D eigenvalue weighted by molar-refractivity contribution is 0.0215. The van der Waals surface area contributed by atoms with Crippen LogP contribution in [0.4, 0.5) is 10.3 Å². The Hall–Kier alpha value is -3.17. The number of halogens is 2. The van der Waals surface area contributed by atoms with E-state index in [-0.39, 0.29) is 11.7 Å². The van der Waals surface area contributed by atoms with Crippen molar-refractivity contribution < 1.29 is 13.7 Å². The first-order valence-corrected chi connectivity index (χ1v) is 10.5. The molecule has 1 aromatic carbocycles. The predicted octanol–water partition coefficient (Wildman–Crippen LogP) is 4.37. The first-order chi connectivity index (χ1) is 15.4. The minimum atomic E-state index is -0.486. The van der Waals surface area contributed by atoms with Gasteiger partial charge in [-0.3, -0.25) is 0 Å². The summed E-state index contributed by atoms with van der Waals surface area (Å²) in [5, 5.41) is 4.25. The number of ether oxygens (including phenoxy) is 1. The number of nitrogens with zero attached hydrogens (tertiary/aromatic N) is 6. The Morgan fingerprint density at radius 1 is 1.06 bits per heavy atom. The molecule has 10 heteroatoms. The molecule has 0 aliphatic carbocycles. The highest BCUT2D eigenvalue weighted by atomic mass is 35.5. The second-order valence-electron chi connectivity index (χ2n) is 7.74. The third-order valence-corrected chi connectivity index (χ3v) is 5.66. The highest BCUT2D eigenvalue weighted by molar-refractivity contribution is 6.30. The Morgan fingerprint density at radius 3 is 2.62 bits per heavy atom. The normalized spacial score (nSPS) is 16.7. The van der Waals surface area contributed by atoms with E-state index in [0.717, 1.165) is 17.1 Å². The zero-order chi connectivity index (χ0) is 22.4. The van der Waals surface area contributed by atoms with E-state index in [9.17, 15) is 4.39 Å². The first kappa shape index (κ1) is 20.7. The molecule has 0 saturated carbocycles. The van der Waals surface area contributed by atoms with E-state index in [1.807, 2.05) is 31.7 Å². The third kappa shape index (κ3) is 3.78. The molecule has 1 atom stereocenters. The largest absolute Gasteiger partial charge is 0.366 e. The maximum absolute atomic E-state index is 14.9. The number of hydrogen-bond donors (Lipinski definition) is 0. The van der Waals surface area contributed by atoms with E-state index in [0.29, 0.717) is 53.3 Å². The van der Waals surface area contributed by atoms with Crippen molar-refractivity contribution in [1.29, 1.82) is 0 Å². The van der Waals surface area contributed by atoms with E-state index in [2.05, 4.69) is 20.1 Å². The van der Waals surface area contributed by atoms with Crippen LogP contribution in [-0.4, -0.2) is 44.8 Å². The number of hydrogen-bond acceptors (Lipinski definition) is 8. The van der Waals surface area contributed by atoms with Crippen LogP contribution in [0.3, 0.4) is 0 Å². The standard InChI is InChI=1S/C22H20ClFN6O2/c1-11-8-17(32-29-11)18-10-30(6-7-31-18)22-27-19(15-5-4-14(23)9-16(15)24)20-21(28-22)26-13(3)12(2)25-20/h4-5,8-9,18H,6-7,10H2,1-3H3/t18-/m1/s1. The van der Waals surface area contributed by atoms with Crippen LogP contribution < -0.4 is 4.90 Å². The minimum absolute atomic E-state index is 0.288. The summed E-state index contributed by atoms with van der Waals surface area (Å²) >= 11 is 5.96. The molecule has 3 aromatic heterocycles. The Kier molecular flexibility index (Phi) is 5.22. The quantitative estimate of drug-likeness (QED) is 0.450. The Labute approximate surface area is 188 Å². The van der Waals surface area contributed by atoms with Gasteiger partial charge in [0.15, 0.2) is 11.4 Å². The average molecular weight is 455 g/mol. The first-order valence-electron chi connectivity index (χ1n) is 10.2. The lowest BCUT2D eigenvalue weighted by Gasteiger charge is -2.32. The van der Waals surface area contributed by atoms with Crippen molar-refractivity contribution in [3.05, 3.63) is 57.9 Å². The third-order valence-electron chi connectivity index (χ3n) is 5.43. The van der Waals surface area contributed by atoms with Gasteiger partial charge in [-0.2, -0.15) is 4.98 Å². The predicted molar refractivity (Wildman–Crippen MR) is 117 cm³/mol. The topological polar surface area (TPSA) is 90.1 Å². The maximum Gasteiger partial charge on any atom is 0.228 e. The lowest BCUT2D eigenvalue weighted by Crippen LogP contribution is -2.39. The fourth-order valence-corrected chi connectivity index (χ4v) is 3.81. The summed E-state index contributed by atoms with van der Waals surface area (Å²) in [6, 6.07) is 6.33. The van der Waals surface area contributed by atoms with Crippen molar-refractivity contribution >= 4 is 28.7 Å². The number of morpholine rings is 1. The van der Waals surface area contributed by atoms with Crippen LogP contribution in [0, 0.1) is 26.6 Å². The number of anilines is 1. The van der Waals surface area contributed by atoms with Crippen LogP contribution in [0.15, 0.2) is 28.8 Å². The van der Waals surface area contributed by atoms with Gasteiger partial charge in [0.2, 0.25) is 5.95 Å². The van der Waals surface area contributed by atoms with Crippen molar-refractivity contribution in [2.24, 2.45) is 0 Å². The number of rotatable bonds is 3. The fourth-order valence-electron chi connectivity index (χ4n) is 3.65. The fraction of sp³-hybridized carbons (Fsp3) is 0.318. The highest BCUT2D eigenvalue weighted by Gasteiger charge is 2.28. The van der Waals surface area contributed by atoms with Crippen molar-refractivity contribution in [2.45, 2.75) is 26.9 Å². The van der Waals surface area contributed by atoms with Crippen LogP contribution in [0.25, 0.3) is 22.4 Å². The van der Waals surface area contributed by atoms with Crippen molar-refractivity contribution in [1.82, 2.24) is 25.1 Å². The van der Waals surface area contributed by atoms with E-state index >= 15 is 0 Å². The van der Waals surface area contributed by atoms with Gasteiger partial charge in [0.25, 0.3) is 0 Å². The molecule has 4 heterocycles. The van der Waals surface area contributed by atoms with Crippen LogP contribution in [0.5, 0.6) is 0 Å². The molecule has 0 amide bonds. The smallest absolute Gasteiger partial charge is 0.228 e. The molecular formula is C22H20ClFN6O2. The number of benzene rings is 1. The van der Waals surface area contributed by atoms with Gasteiger partial charge in [-0.25, -0.2) is 19.3 Å². The van der Waals surface area contributed by atoms with E-state index in [4.69, 9.17) is 25.8 Å². The Balaban J connectivity index is 1.62. The van der Waals surface area contributed by atoms with Gasteiger partial charge < -0.3 is 14.2 Å². The molecule has 0 radical (unpaired) electrons. The molecule has 0 bridgehead atoms. The average Bonchev–Trinajstić information content (AvgIpc) is 3.21. The van der Waals surface area contributed by atoms with Gasteiger partial charge in [-0.05, 0) is 39.0 Å². The van der Waals surface area contributed by atoms with E-state index < -0.39 is 5.82 Å². The van der Waals surface area contributed by atoms with Crippen LogP contribution in [-0.2, 0) is 4.74 Å². The Morgan fingerprint density at radius 2 is 1.88 bits per heavy atom. The van der Waals surface area contributed by atoms with E-state index in [1.54, 1.807) is 12.1 Å². The second kappa shape index (κ2) is 8.07. The summed E-state index contributed by atoms with van der Waals surface area (Å²) in [5.41, 5.74) is 3.77. The summed E-state index contributed by atoms with van der Waals surface area (Å²) in [6.07, 6.45) is -0.314.